The summed E-state index contributed by atoms with van der Waals surface area (Å²) < 4.78 is 0. The van der Waals surface area contributed by atoms with Gasteiger partial charge in [-0.2, -0.15) is 0 Å². The quantitative estimate of drug-likeness (QED) is 0.784. The van der Waals surface area contributed by atoms with Crippen molar-refractivity contribution in [2.45, 2.75) is 38.6 Å². The second kappa shape index (κ2) is 4.84. The Kier molecular flexibility index (Phi) is 3.20. The number of fused-ring (bicyclic) bond motifs is 1. The third-order valence-electron chi connectivity index (χ3n) is 3.79. The summed E-state index contributed by atoms with van der Waals surface area (Å²) in [5.74, 6) is 0.570. The molecule has 1 aliphatic heterocycles. The minimum Gasteiger partial charge on any atom is -0.335 e. The minimum absolute atomic E-state index is 0.244. The lowest BCUT2D eigenvalue weighted by Gasteiger charge is -2.13. The van der Waals surface area contributed by atoms with Gasteiger partial charge in [0.1, 0.15) is 5.01 Å². The zero-order chi connectivity index (χ0) is 12.5. The van der Waals surface area contributed by atoms with Gasteiger partial charge in [0, 0.05) is 23.8 Å². The van der Waals surface area contributed by atoms with Gasteiger partial charge in [0.05, 0.1) is 12.2 Å². The number of nitrogens with zero attached hydrogens (tertiary/aromatic N) is 2. The van der Waals surface area contributed by atoms with E-state index in [0.29, 0.717) is 18.9 Å². The maximum atomic E-state index is 11.8. The Morgan fingerprint density at radius 3 is 3.00 bits per heavy atom. The molecule has 0 radical (unpaired) electrons. The molecule has 1 aromatic heterocycles. The molecule has 1 fully saturated rings. The number of likely N-dealkylation sites (tertiary alicyclic amines) is 1. The van der Waals surface area contributed by atoms with Gasteiger partial charge in [-0.15, -0.1) is 17.9 Å². The van der Waals surface area contributed by atoms with E-state index in [9.17, 15) is 4.79 Å². The fraction of sp³-hybridized carbons (Fsp3) is 0.571. The molecule has 1 atom stereocenters. The van der Waals surface area contributed by atoms with Gasteiger partial charge in [-0.1, -0.05) is 6.08 Å². The molecule has 2 aliphatic rings. The van der Waals surface area contributed by atoms with Gasteiger partial charge in [-0.25, -0.2) is 4.98 Å². The molecule has 18 heavy (non-hydrogen) atoms. The molecule has 3 nitrogen and oxygen atoms in total. The van der Waals surface area contributed by atoms with Crippen molar-refractivity contribution in [3.63, 3.8) is 0 Å². The van der Waals surface area contributed by atoms with Crippen LogP contribution in [0.5, 0.6) is 0 Å². The first-order valence-electron chi connectivity index (χ1n) is 6.64. The van der Waals surface area contributed by atoms with Crippen molar-refractivity contribution >= 4 is 17.2 Å². The zero-order valence-electron chi connectivity index (χ0n) is 10.5. The van der Waals surface area contributed by atoms with Crippen LogP contribution in [-0.2, 0) is 24.2 Å². The first-order chi connectivity index (χ1) is 8.76. The number of carbonyl (C=O) groups is 1. The summed E-state index contributed by atoms with van der Waals surface area (Å²) in [7, 11) is 0. The molecule has 0 saturated carbocycles. The van der Waals surface area contributed by atoms with Crippen LogP contribution in [0, 0.1) is 5.92 Å². The molecule has 4 heteroatoms. The van der Waals surface area contributed by atoms with Crippen LogP contribution in [0.25, 0.3) is 0 Å². The summed E-state index contributed by atoms with van der Waals surface area (Å²) in [5.41, 5.74) is 1.29. The molecule has 0 spiro atoms. The normalized spacial score (nSPS) is 23.2. The number of thiazole rings is 1. The van der Waals surface area contributed by atoms with E-state index in [2.05, 4.69) is 6.58 Å². The molecule has 2 heterocycles. The van der Waals surface area contributed by atoms with Gasteiger partial charge < -0.3 is 4.90 Å². The molecule has 96 valence electrons. The molecule has 3 rings (SSSR count). The number of hydrogen-bond acceptors (Lipinski definition) is 3. The van der Waals surface area contributed by atoms with Crippen molar-refractivity contribution in [2.24, 2.45) is 5.92 Å². The zero-order valence-corrected chi connectivity index (χ0v) is 11.3. The van der Waals surface area contributed by atoms with Crippen molar-refractivity contribution in [3.8, 4) is 0 Å². The molecular weight excluding hydrogens is 244 g/mol. The van der Waals surface area contributed by atoms with Crippen molar-refractivity contribution < 1.29 is 4.79 Å². The summed E-state index contributed by atoms with van der Waals surface area (Å²) in [5, 5.41) is 1.11. The first-order valence-corrected chi connectivity index (χ1v) is 7.45. The Labute approximate surface area is 112 Å². The van der Waals surface area contributed by atoms with E-state index in [1.165, 1.54) is 29.8 Å². The van der Waals surface area contributed by atoms with Crippen molar-refractivity contribution in [3.05, 3.63) is 28.2 Å². The lowest BCUT2D eigenvalue weighted by Crippen LogP contribution is -2.24. The SMILES string of the molecule is C=CC1CC(=O)N(Cc2nc3c(s2)CCCC3)C1. The van der Waals surface area contributed by atoms with Crippen LogP contribution in [-0.4, -0.2) is 22.3 Å². The van der Waals surface area contributed by atoms with Crippen LogP contribution in [0.15, 0.2) is 12.7 Å². The summed E-state index contributed by atoms with van der Waals surface area (Å²) in [6.45, 7) is 5.29. The fourth-order valence-corrected chi connectivity index (χ4v) is 3.92. The van der Waals surface area contributed by atoms with Crippen LogP contribution >= 0.6 is 11.3 Å². The Bertz CT molecular complexity index is 457. The lowest BCUT2D eigenvalue weighted by atomic mass is 10.0. The van der Waals surface area contributed by atoms with Crippen LogP contribution in [0.2, 0.25) is 0 Å². The largest absolute Gasteiger partial charge is 0.335 e. The van der Waals surface area contributed by atoms with Crippen LogP contribution in [0.3, 0.4) is 0 Å². The van der Waals surface area contributed by atoms with Crippen LogP contribution in [0.1, 0.15) is 34.8 Å². The Balaban J connectivity index is 1.71. The highest BCUT2D eigenvalue weighted by atomic mass is 32.1. The Morgan fingerprint density at radius 2 is 2.28 bits per heavy atom. The topological polar surface area (TPSA) is 33.2 Å². The Morgan fingerprint density at radius 1 is 1.44 bits per heavy atom. The predicted molar refractivity (Wildman–Crippen MR) is 72.5 cm³/mol. The minimum atomic E-state index is 0.244. The number of hydrogen-bond donors (Lipinski definition) is 0. The molecule has 0 aromatic carbocycles. The third kappa shape index (κ3) is 2.21. The molecule has 1 aliphatic carbocycles. The van der Waals surface area contributed by atoms with Crippen molar-refractivity contribution in [1.82, 2.24) is 9.88 Å². The highest BCUT2D eigenvalue weighted by Gasteiger charge is 2.28. The van der Waals surface area contributed by atoms with Gasteiger partial charge in [-0.05, 0) is 25.7 Å². The highest BCUT2D eigenvalue weighted by Crippen LogP contribution is 2.28. The average Bonchev–Trinajstić information content (AvgIpc) is 2.93. The van der Waals surface area contributed by atoms with E-state index in [1.54, 1.807) is 11.3 Å². The lowest BCUT2D eigenvalue weighted by molar-refractivity contribution is -0.128. The van der Waals surface area contributed by atoms with E-state index in [1.807, 2.05) is 11.0 Å². The number of aromatic nitrogens is 1. The second-order valence-corrected chi connectivity index (χ2v) is 6.33. The highest BCUT2D eigenvalue weighted by molar-refractivity contribution is 7.11. The summed E-state index contributed by atoms with van der Waals surface area (Å²) in [6, 6.07) is 0. The smallest absolute Gasteiger partial charge is 0.223 e. The summed E-state index contributed by atoms with van der Waals surface area (Å²) >= 11 is 1.80. The maximum absolute atomic E-state index is 11.8. The van der Waals surface area contributed by atoms with Gasteiger partial charge in [0.25, 0.3) is 0 Å². The molecule has 1 saturated heterocycles. The van der Waals surface area contributed by atoms with Gasteiger partial charge >= 0.3 is 0 Å². The molecule has 1 unspecified atom stereocenters. The van der Waals surface area contributed by atoms with E-state index in [-0.39, 0.29) is 5.91 Å². The molecule has 0 N–H and O–H groups in total. The first kappa shape index (κ1) is 11.9. The fourth-order valence-electron chi connectivity index (χ4n) is 2.75. The van der Waals surface area contributed by atoms with E-state index >= 15 is 0 Å². The summed E-state index contributed by atoms with van der Waals surface area (Å²) in [6.07, 6.45) is 7.36. The van der Waals surface area contributed by atoms with Gasteiger partial charge in [0.2, 0.25) is 5.91 Å². The van der Waals surface area contributed by atoms with Crippen LogP contribution < -0.4 is 0 Å². The molecule has 0 bridgehead atoms. The number of rotatable bonds is 3. The average molecular weight is 262 g/mol. The van der Waals surface area contributed by atoms with Gasteiger partial charge in [0.15, 0.2) is 0 Å². The van der Waals surface area contributed by atoms with E-state index in [0.717, 1.165) is 18.0 Å². The number of amides is 1. The van der Waals surface area contributed by atoms with E-state index in [4.69, 9.17) is 4.98 Å². The second-order valence-electron chi connectivity index (χ2n) is 5.16. The van der Waals surface area contributed by atoms with Crippen LogP contribution in [0.4, 0.5) is 0 Å². The number of aryl methyl sites for hydroxylation is 2. The third-order valence-corrected chi connectivity index (χ3v) is 4.94. The maximum Gasteiger partial charge on any atom is 0.223 e. The summed E-state index contributed by atoms with van der Waals surface area (Å²) in [4.78, 5) is 19.9. The standard InChI is InChI=1S/C14H18N2OS/c1-2-10-7-14(17)16(8-10)9-13-15-11-5-3-4-6-12(11)18-13/h2,10H,1,3-9H2. The van der Waals surface area contributed by atoms with Crippen molar-refractivity contribution in [1.29, 1.82) is 0 Å². The predicted octanol–water partition coefficient (Wildman–Crippen LogP) is 2.56. The van der Waals surface area contributed by atoms with Gasteiger partial charge in [-0.3, -0.25) is 4.79 Å². The van der Waals surface area contributed by atoms with Crippen molar-refractivity contribution in [2.75, 3.05) is 6.54 Å². The molecule has 1 amide bonds. The van der Waals surface area contributed by atoms with E-state index < -0.39 is 0 Å². The molecular formula is C14H18N2OS. The number of carbonyl (C=O) groups excluding carboxylic acids is 1. The molecule has 1 aromatic rings. The monoisotopic (exact) mass is 262 g/mol. The Hall–Kier alpha value is -1.16.